The fourth-order valence-corrected chi connectivity index (χ4v) is 5.41. The number of halogens is 3. The van der Waals surface area contributed by atoms with Gasteiger partial charge in [-0.15, -0.1) is 11.3 Å². The first kappa shape index (κ1) is 25.3. The molecule has 35 heavy (non-hydrogen) atoms. The van der Waals surface area contributed by atoms with Crippen LogP contribution in [0.1, 0.15) is 53.7 Å². The number of benzene rings is 1. The van der Waals surface area contributed by atoms with Crippen LogP contribution >= 0.6 is 11.3 Å². The Morgan fingerprint density at radius 2 is 1.74 bits per heavy atom. The molecule has 2 saturated heterocycles. The Labute approximate surface area is 206 Å². The summed E-state index contributed by atoms with van der Waals surface area (Å²) in [6.07, 6.45) is -2.77. The van der Waals surface area contributed by atoms with Gasteiger partial charge in [0.05, 0.1) is 10.6 Å². The van der Waals surface area contributed by atoms with Crippen molar-refractivity contribution in [3.05, 3.63) is 45.9 Å². The molecule has 2 fully saturated rings. The van der Waals surface area contributed by atoms with E-state index in [1.165, 1.54) is 17.4 Å². The van der Waals surface area contributed by atoms with Gasteiger partial charge >= 0.3 is 12.2 Å². The summed E-state index contributed by atoms with van der Waals surface area (Å²) in [6.45, 7) is 6.94. The van der Waals surface area contributed by atoms with Gasteiger partial charge < -0.3 is 20.0 Å². The molecule has 190 valence electrons. The first-order valence-electron chi connectivity index (χ1n) is 11.8. The van der Waals surface area contributed by atoms with Crippen molar-refractivity contribution in [3.63, 3.8) is 0 Å². The van der Waals surface area contributed by atoms with Gasteiger partial charge in [0.15, 0.2) is 0 Å². The second-order valence-corrected chi connectivity index (χ2v) is 10.2. The predicted octanol–water partition coefficient (Wildman–Crippen LogP) is 4.42. The SMILES string of the molecule is CC(C)NC(=O)N1CCC(c2nc(C(=O)N3CCN(c4cccc(C(F)(F)F)c4)CC3)cs2)CC1. The van der Waals surface area contributed by atoms with E-state index in [1.807, 2.05) is 23.6 Å². The standard InChI is InChI=1S/C24H30F3N5O2S/c1-16(2)28-23(34)32-8-6-17(7-9-32)21-29-20(15-35-21)22(33)31-12-10-30(11-13-31)19-5-3-4-18(14-19)24(25,26)27/h3-5,14-17H,6-13H2,1-2H3,(H,28,34). The summed E-state index contributed by atoms with van der Waals surface area (Å²) in [6, 6.07) is 5.35. The van der Waals surface area contributed by atoms with Crippen LogP contribution in [0.25, 0.3) is 0 Å². The molecule has 4 rings (SSSR count). The Balaban J connectivity index is 1.30. The highest BCUT2D eigenvalue weighted by atomic mass is 32.1. The van der Waals surface area contributed by atoms with Crippen LogP contribution in [0.4, 0.5) is 23.7 Å². The van der Waals surface area contributed by atoms with Gasteiger partial charge in [-0.25, -0.2) is 9.78 Å². The van der Waals surface area contributed by atoms with Gasteiger partial charge in [0.25, 0.3) is 5.91 Å². The van der Waals surface area contributed by atoms with E-state index in [0.717, 1.165) is 30.0 Å². The van der Waals surface area contributed by atoms with Crippen LogP contribution in [0.3, 0.4) is 0 Å². The number of rotatable bonds is 4. The van der Waals surface area contributed by atoms with Gasteiger partial charge in [-0.3, -0.25) is 4.79 Å². The lowest BCUT2D eigenvalue weighted by Gasteiger charge is -2.36. The number of nitrogens with one attached hydrogen (secondary N) is 1. The van der Waals surface area contributed by atoms with E-state index in [9.17, 15) is 22.8 Å². The molecule has 0 radical (unpaired) electrons. The van der Waals surface area contributed by atoms with E-state index in [0.29, 0.717) is 50.6 Å². The zero-order valence-corrected chi connectivity index (χ0v) is 20.7. The Morgan fingerprint density at radius 3 is 2.37 bits per heavy atom. The lowest BCUT2D eigenvalue weighted by Crippen LogP contribution is -2.49. The molecule has 0 bridgehead atoms. The summed E-state index contributed by atoms with van der Waals surface area (Å²) < 4.78 is 39.1. The van der Waals surface area contributed by atoms with Gasteiger partial charge in [-0.1, -0.05) is 6.07 Å². The molecule has 2 aromatic rings. The van der Waals surface area contributed by atoms with Gasteiger partial charge in [-0.2, -0.15) is 13.2 Å². The number of aromatic nitrogens is 1. The minimum Gasteiger partial charge on any atom is -0.368 e. The largest absolute Gasteiger partial charge is 0.416 e. The molecule has 1 aromatic carbocycles. The molecule has 0 unspecified atom stereocenters. The van der Waals surface area contributed by atoms with Crippen molar-refractivity contribution in [2.75, 3.05) is 44.2 Å². The van der Waals surface area contributed by atoms with Crippen LogP contribution in [0, 0.1) is 0 Å². The van der Waals surface area contributed by atoms with Crippen LogP contribution < -0.4 is 10.2 Å². The lowest BCUT2D eigenvalue weighted by atomic mass is 9.98. The number of amides is 3. The number of piperazine rings is 1. The molecule has 0 atom stereocenters. The minimum atomic E-state index is -4.38. The van der Waals surface area contributed by atoms with Crippen molar-refractivity contribution in [2.45, 2.75) is 44.8 Å². The lowest BCUT2D eigenvalue weighted by molar-refractivity contribution is -0.137. The number of piperidine rings is 1. The third-order valence-corrected chi connectivity index (χ3v) is 7.40. The summed E-state index contributed by atoms with van der Waals surface area (Å²) in [5.41, 5.74) is 0.253. The molecule has 0 aliphatic carbocycles. The zero-order valence-electron chi connectivity index (χ0n) is 19.8. The van der Waals surface area contributed by atoms with Crippen molar-refractivity contribution in [1.29, 1.82) is 0 Å². The quantitative estimate of drug-likeness (QED) is 0.663. The van der Waals surface area contributed by atoms with Gasteiger partial charge in [-0.05, 0) is 44.9 Å². The van der Waals surface area contributed by atoms with Crippen molar-refractivity contribution < 1.29 is 22.8 Å². The molecule has 0 saturated carbocycles. The third kappa shape index (κ3) is 6.06. The molecular weight excluding hydrogens is 479 g/mol. The summed E-state index contributed by atoms with van der Waals surface area (Å²) in [5.74, 6) is 0.0762. The molecule has 3 amide bonds. The van der Waals surface area contributed by atoms with E-state index >= 15 is 0 Å². The summed E-state index contributed by atoms with van der Waals surface area (Å²) >= 11 is 1.48. The number of hydrogen-bond acceptors (Lipinski definition) is 5. The normalized spacial score (nSPS) is 17.7. The molecule has 1 aromatic heterocycles. The van der Waals surface area contributed by atoms with Gasteiger partial charge in [0.1, 0.15) is 5.69 Å². The fraction of sp³-hybridized carbons (Fsp3) is 0.542. The third-order valence-electron chi connectivity index (χ3n) is 6.39. The highest BCUT2D eigenvalue weighted by Crippen LogP contribution is 2.33. The first-order valence-corrected chi connectivity index (χ1v) is 12.7. The van der Waals surface area contributed by atoms with Crippen molar-refractivity contribution in [3.8, 4) is 0 Å². The monoisotopic (exact) mass is 509 g/mol. The molecule has 2 aliphatic rings. The van der Waals surface area contributed by atoms with Crippen molar-refractivity contribution in [2.24, 2.45) is 0 Å². The van der Waals surface area contributed by atoms with Crippen LogP contribution in [0.2, 0.25) is 0 Å². The number of anilines is 1. The average Bonchev–Trinajstić information content (AvgIpc) is 3.33. The topological polar surface area (TPSA) is 68.8 Å². The molecule has 7 nitrogen and oxygen atoms in total. The molecule has 2 aliphatic heterocycles. The van der Waals surface area contributed by atoms with E-state index in [2.05, 4.69) is 10.3 Å². The average molecular weight is 510 g/mol. The molecule has 3 heterocycles. The van der Waals surface area contributed by atoms with Crippen LogP contribution in [-0.2, 0) is 6.18 Å². The highest BCUT2D eigenvalue weighted by molar-refractivity contribution is 7.09. The molecule has 1 N–H and O–H groups in total. The second-order valence-electron chi connectivity index (χ2n) is 9.26. The van der Waals surface area contributed by atoms with E-state index in [1.54, 1.807) is 16.3 Å². The van der Waals surface area contributed by atoms with Crippen LogP contribution in [-0.4, -0.2) is 72.0 Å². The minimum absolute atomic E-state index is 0.0438. The predicted molar refractivity (Wildman–Crippen MR) is 129 cm³/mol. The second kappa shape index (κ2) is 10.4. The number of alkyl halides is 3. The van der Waals surface area contributed by atoms with Crippen molar-refractivity contribution >= 4 is 29.0 Å². The fourth-order valence-electron chi connectivity index (χ4n) is 4.45. The maximum absolute atomic E-state index is 13.0. The van der Waals surface area contributed by atoms with Gasteiger partial charge in [0, 0.05) is 62.3 Å². The number of nitrogens with zero attached hydrogens (tertiary/aromatic N) is 4. The summed E-state index contributed by atoms with van der Waals surface area (Å²) in [5, 5.41) is 5.62. The van der Waals surface area contributed by atoms with Crippen LogP contribution in [0.15, 0.2) is 29.6 Å². The maximum Gasteiger partial charge on any atom is 0.416 e. The molecule has 11 heteroatoms. The number of hydrogen-bond donors (Lipinski definition) is 1. The summed E-state index contributed by atoms with van der Waals surface area (Å²) in [7, 11) is 0. The zero-order chi connectivity index (χ0) is 25.2. The highest BCUT2D eigenvalue weighted by Gasteiger charge is 2.32. The molecule has 0 spiro atoms. The Morgan fingerprint density at radius 1 is 1.06 bits per heavy atom. The Bertz CT molecular complexity index is 1040. The molecular formula is C24H30F3N5O2S. The number of urea groups is 1. The van der Waals surface area contributed by atoms with E-state index < -0.39 is 11.7 Å². The smallest absolute Gasteiger partial charge is 0.368 e. The maximum atomic E-state index is 13.0. The number of thiazole rings is 1. The number of carbonyl (C=O) groups is 2. The van der Waals surface area contributed by atoms with E-state index in [4.69, 9.17) is 0 Å². The Hall–Kier alpha value is -2.82. The van der Waals surface area contributed by atoms with Crippen LogP contribution in [0.5, 0.6) is 0 Å². The van der Waals surface area contributed by atoms with Crippen molar-refractivity contribution in [1.82, 2.24) is 20.1 Å². The summed E-state index contributed by atoms with van der Waals surface area (Å²) in [4.78, 5) is 35.2. The number of carbonyl (C=O) groups excluding carboxylic acids is 2. The Kier molecular flexibility index (Phi) is 7.53. The first-order chi connectivity index (χ1) is 16.6. The van der Waals surface area contributed by atoms with E-state index in [-0.39, 0.29) is 23.9 Å². The van der Waals surface area contributed by atoms with Gasteiger partial charge in [0.2, 0.25) is 0 Å². The number of likely N-dealkylation sites (tertiary alicyclic amines) is 1.